The fourth-order valence-corrected chi connectivity index (χ4v) is 5.49. The lowest BCUT2D eigenvalue weighted by Gasteiger charge is -2.46. The van der Waals surface area contributed by atoms with Crippen LogP contribution in [0.4, 0.5) is 13.2 Å². The number of rotatable bonds is 4. The average Bonchev–Trinajstić information content (AvgIpc) is 3.13. The molecule has 3 heterocycles. The van der Waals surface area contributed by atoms with Gasteiger partial charge in [-0.2, -0.15) is 0 Å². The third kappa shape index (κ3) is 3.05. The van der Waals surface area contributed by atoms with Gasteiger partial charge in [0.05, 0.1) is 17.8 Å². The fourth-order valence-electron chi connectivity index (χ4n) is 5.49. The first-order chi connectivity index (χ1) is 14.4. The molecule has 2 N–H and O–H groups in total. The number of fused-ring (bicyclic) bond motifs is 4. The molecule has 156 valence electrons. The minimum atomic E-state index is -0.860. The molecule has 0 amide bonds. The minimum absolute atomic E-state index is 0.0499. The highest BCUT2D eigenvalue weighted by atomic mass is 19.1. The second kappa shape index (κ2) is 7.11. The van der Waals surface area contributed by atoms with Gasteiger partial charge in [-0.3, -0.25) is 4.79 Å². The average molecular weight is 415 g/mol. The van der Waals surface area contributed by atoms with Crippen LogP contribution < -0.4 is 0 Å². The highest BCUT2D eigenvalue weighted by Crippen LogP contribution is 2.50. The third-order valence-corrected chi connectivity index (χ3v) is 6.86. The summed E-state index contributed by atoms with van der Waals surface area (Å²) in [5, 5.41) is 10.1. The lowest BCUT2D eigenvalue weighted by atomic mass is 9.57. The van der Waals surface area contributed by atoms with Gasteiger partial charge >= 0.3 is 5.97 Å². The minimum Gasteiger partial charge on any atom is -0.481 e. The predicted molar refractivity (Wildman–Crippen MR) is 103 cm³/mol. The van der Waals surface area contributed by atoms with Crippen molar-refractivity contribution in [3.05, 3.63) is 47.7 Å². The molecular formula is C22H20F3N3O2. The summed E-state index contributed by atoms with van der Waals surface area (Å²) in [5.74, 6) is -3.52. The molecule has 6 rings (SSSR count). The largest absolute Gasteiger partial charge is 0.481 e. The Bertz CT molecular complexity index is 1140. The lowest BCUT2D eigenvalue weighted by molar-refractivity contribution is -0.152. The smallest absolute Gasteiger partial charge is 0.307 e. The number of pyridine rings is 2. The summed E-state index contributed by atoms with van der Waals surface area (Å²) in [7, 11) is 0. The molecule has 5 nitrogen and oxygen atoms in total. The Balaban J connectivity index is 1.55. The number of halogens is 3. The summed E-state index contributed by atoms with van der Waals surface area (Å²) in [4.78, 5) is 22.9. The van der Waals surface area contributed by atoms with Crippen LogP contribution >= 0.6 is 0 Å². The Morgan fingerprint density at radius 2 is 1.83 bits per heavy atom. The standard InChI is InChI=1S/C22H20F3N3O2/c23-12-5-14-15(9-27-21(14)26-8-12)20-17(25)7-16(24)18(28-20)6-13-10-1-3-11(4-2-10)19(13)22(29)30/h5,7-11,13,19H,1-4,6H2,(H,26,27)(H,29,30)/t10?,11?,13-,19-/m1/s1. The van der Waals surface area contributed by atoms with E-state index in [1.807, 2.05) is 0 Å². The lowest BCUT2D eigenvalue weighted by Crippen LogP contribution is -2.45. The number of carboxylic acid groups (broad SMARTS) is 1. The van der Waals surface area contributed by atoms with E-state index < -0.39 is 29.3 Å². The molecule has 3 fully saturated rings. The van der Waals surface area contributed by atoms with Crippen LogP contribution in [-0.4, -0.2) is 26.0 Å². The van der Waals surface area contributed by atoms with Crippen LogP contribution in [0.1, 0.15) is 31.4 Å². The number of hydrogen-bond donors (Lipinski definition) is 2. The van der Waals surface area contributed by atoms with Gasteiger partial charge in [-0.05, 0) is 55.9 Å². The summed E-state index contributed by atoms with van der Waals surface area (Å²) in [5.41, 5.74) is 0.608. The molecule has 2 bridgehead atoms. The first-order valence-corrected chi connectivity index (χ1v) is 10.1. The van der Waals surface area contributed by atoms with Gasteiger partial charge < -0.3 is 10.1 Å². The maximum absolute atomic E-state index is 14.6. The van der Waals surface area contributed by atoms with Crippen molar-refractivity contribution in [3.63, 3.8) is 0 Å². The normalized spacial score (nSPS) is 25.7. The van der Waals surface area contributed by atoms with Crippen LogP contribution in [0, 0.1) is 41.1 Å². The highest BCUT2D eigenvalue weighted by molar-refractivity contribution is 5.92. The van der Waals surface area contributed by atoms with Crippen LogP contribution in [0.15, 0.2) is 24.5 Å². The van der Waals surface area contributed by atoms with Crippen LogP contribution in [0.25, 0.3) is 22.3 Å². The number of carbonyl (C=O) groups is 1. The summed E-state index contributed by atoms with van der Waals surface area (Å²) in [6.45, 7) is 0. The second-order valence-electron chi connectivity index (χ2n) is 8.41. The highest BCUT2D eigenvalue weighted by Gasteiger charge is 2.47. The van der Waals surface area contributed by atoms with Gasteiger partial charge in [0.25, 0.3) is 0 Å². The summed E-state index contributed by atoms with van der Waals surface area (Å²) in [6.07, 6.45) is 6.29. The number of nitrogens with zero attached hydrogens (tertiary/aromatic N) is 2. The fraction of sp³-hybridized carbons (Fsp3) is 0.409. The molecule has 0 unspecified atom stereocenters. The number of aromatic amines is 1. The van der Waals surface area contributed by atoms with E-state index in [9.17, 15) is 23.1 Å². The zero-order valence-corrected chi connectivity index (χ0v) is 16.0. The van der Waals surface area contributed by atoms with Gasteiger partial charge in [0.1, 0.15) is 23.0 Å². The van der Waals surface area contributed by atoms with Gasteiger partial charge in [-0.25, -0.2) is 23.1 Å². The van der Waals surface area contributed by atoms with Gasteiger partial charge in [-0.1, -0.05) is 0 Å². The van der Waals surface area contributed by atoms with Crippen LogP contribution in [0.3, 0.4) is 0 Å². The van der Waals surface area contributed by atoms with E-state index in [0.29, 0.717) is 11.0 Å². The number of aliphatic carboxylic acids is 1. The molecule has 3 saturated carbocycles. The van der Waals surface area contributed by atoms with Crippen molar-refractivity contribution >= 4 is 17.0 Å². The first kappa shape index (κ1) is 19.1. The van der Waals surface area contributed by atoms with Crippen molar-refractivity contribution in [2.45, 2.75) is 32.1 Å². The van der Waals surface area contributed by atoms with Crippen LogP contribution in [0.5, 0.6) is 0 Å². The predicted octanol–water partition coefficient (Wildman–Crippen LogP) is 4.72. The maximum Gasteiger partial charge on any atom is 0.307 e. The maximum atomic E-state index is 14.6. The van der Waals surface area contributed by atoms with E-state index in [-0.39, 0.29) is 41.1 Å². The molecule has 2 atom stereocenters. The van der Waals surface area contributed by atoms with Gasteiger partial charge in [0.15, 0.2) is 5.82 Å². The number of nitrogens with one attached hydrogen (secondary N) is 1. The molecule has 0 saturated heterocycles. The molecule has 30 heavy (non-hydrogen) atoms. The molecule has 0 radical (unpaired) electrons. The van der Waals surface area contributed by atoms with Crippen molar-refractivity contribution < 1.29 is 23.1 Å². The molecule has 8 heteroatoms. The third-order valence-electron chi connectivity index (χ3n) is 6.86. The molecule has 3 aromatic heterocycles. The topological polar surface area (TPSA) is 78.9 Å². The van der Waals surface area contributed by atoms with Crippen molar-refractivity contribution in [2.75, 3.05) is 0 Å². The number of hydrogen-bond acceptors (Lipinski definition) is 3. The summed E-state index contributed by atoms with van der Waals surface area (Å²) >= 11 is 0. The van der Waals surface area contributed by atoms with E-state index in [4.69, 9.17) is 0 Å². The first-order valence-electron chi connectivity index (χ1n) is 10.1. The van der Waals surface area contributed by atoms with Crippen LogP contribution in [-0.2, 0) is 11.2 Å². The van der Waals surface area contributed by atoms with Gasteiger partial charge in [0, 0.05) is 23.2 Å². The Morgan fingerprint density at radius 1 is 1.10 bits per heavy atom. The zero-order chi connectivity index (χ0) is 21.0. The van der Waals surface area contributed by atoms with Crippen molar-refractivity contribution in [3.8, 4) is 11.3 Å². The van der Waals surface area contributed by atoms with Gasteiger partial charge in [0.2, 0.25) is 0 Å². The van der Waals surface area contributed by atoms with Crippen molar-refractivity contribution in [1.82, 2.24) is 15.0 Å². The molecular weight excluding hydrogens is 395 g/mol. The Kier molecular flexibility index (Phi) is 4.52. The molecule has 3 aliphatic rings. The summed E-state index contributed by atoms with van der Waals surface area (Å²) < 4.78 is 42.9. The molecule has 0 aromatic carbocycles. The van der Waals surface area contributed by atoms with E-state index >= 15 is 0 Å². The second-order valence-corrected chi connectivity index (χ2v) is 8.41. The number of H-pyrrole nitrogens is 1. The quantitative estimate of drug-likeness (QED) is 0.646. The Hall–Kier alpha value is -2.90. The molecule has 0 spiro atoms. The van der Waals surface area contributed by atoms with Crippen molar-refractivity contribution in [1.29, 1.82) is 0 Å². The molecule has 0 aliphatic heterocycles. The van der Waals surface area contributed by atoms with E-state index in [2.05, 4.69) is 15.0 Å². The molecule has 3 aliphatic carbocycles. The Labute approximate surface area is 170 Å². The van der Waals surface area contributed by atoms with Crippen molar-refractivity contribution in [2.24, 2.45) is 23.7 Å². The monoisotopic (exact) mass is 415 g/mol. The van der Waals surface area contributed by atoms with Gasteiger partial charge in [-0.15, -0.1) is 0 Å². The van der Waals surface area contributed by atoms with E-state index in [1.54, 1.807) is 0 Å². The number of aromatic nitrogens is 3. The SMILES string of the molecule is O=C(O)[C@@H]1C2CCC(CC2)[C@H]1Cc1nc(-c2c[nH]c3ncc(F)cc23)c(F)cc1F. The zero-order valence-electron chi connectivity index (χ0n) is 16.0. The Morgan fingerprint density at radius 3 is 2.57 bits per heavy atom. The molecule has 3 aromatic rings. The van der Waals surface area contributed by atoms with E-state index in [0.717, 1.165) is 37.9 Å². The number of carboxylic acids is 1. The van der Waals surface area contributed by atoms with E-state index in [1.165, 1.54) is 12.3 Å². The summed E-state index contributed by atoms with van der Waals surface area (Å²) in [6, 6.07) is 2.00. The van der Waals surface area contributed by atoms with Crippen LogP contribution in [0.2, 0.25) is 0 Å².